The molecule has 4 aromatic rings. The number of aryl methyl sites for hydroxylation is 2. The maximum Gasteiger partial charge on any atom is 0.245 e. The largest absolute Gasteiger partial charge is 0.353 e. The summed E-state index contributed by atoms with van der Waals surface area (Å²) < 4.78 is 28.3. The summed E-state index contributed by atoms with van der Waals surface area (Å²) in [6.45, 7) is 5.97. The van der Waals surface area contributed by atoms with Gasteiger partial charge >= 0.3 is 0 Å². The Labute approximate surface area is 179 Å². The van der Waals surface area contributed by atoms with Crippen LogP contribution in [0.2, 0.25) is 0 Å². The Bertz CT molecular complexity index is 1360. The van der Waals surface area contributed by atoms with Gasteiger partial charge in [0.1, 0.15) is 21.9 Å². The molecule has 1 aromatic carbocycles. The summed E-state index contributed by atoms with van der Waals surface area (Å²) in [5.41, 5.74) is 1.53. The number of para-hydroxylation sites is 1. The number of thiophene rings is 1. The minimum absolute atomic E-state index is 0.270. The zero-order chi connectivity index (χ0) is 20.9. The van der Waals surface area contributed by atoms with Gasteiger partial charge in [0.05, 0.1) is 10.9 Å². The summed E-state index contributed by atoms with van der Waals surface area (Å²) in [6, 6.07) is 9.39. The zero-order valence-corrected chi connectivity index (χ0v) is 18.4. The number of aromatic nitrogens is 3. The SMILES string of the molecule is Cc1cnc2c(S(=O)(=O)N3CCN(c4ncnc5sc(C)cc45)CC3)cccc2c1. The second kappa shape index (κ2) is 7.26. The topological polar surface area (TPSA) is 79.3 Å². The molecule has 1 saturated heterocycles. The van der Waals surface area contributed by atoms with E-state index in [4.69, 9.17) is 0 Å². The summed E-state index contributed by atoms with van der Waals surface area (Å²) in [7, 11) is -3.63. The fourth-order valence-corrected chi connectivity index (χ4v) is 6.38. The molecule has 1 fully saturated rings. The molecular formula is C21H21N5O2S2. The van der Waals surface area contributed by atoms with Gasteiger partial charge in [-0.25, -0.2) is 18.4 Å². The Morgan fingerprint density at radius 3 is 2.60 bits per heavy atom. The molecule has 30 heavy (non-hydrogen) atoms. The number of sulfonamides is 1. The normalized spacial score (nSPS) is 15.9. The Kier molecular flexibility index (Phi) is 4.68. The average molecular weight is 440 g/mol. The fraction of sp³-hybridized carbons (Fsp3) is 0.286. The van der Waals surface area contributed by atoms with Crippen LogP contribution in [-0.4, -0.2) is 53.9 Å². The minimum Gasteiger partial charge on any atom is -0.353 e. The summed E-state index contributed by atoms with van der Waals surface area (Å²) in [5, 5.41) is 1.87. The van der Waals surface area contributed by atoms with E-state index in [1.54, 1.807) is 40.3 Å². The van der Waals surface area contributed by atoms with Crippen molar-refractivity contribution in [2.45, 2.75) is 18.7 Å². The molecule has 0 radical (unpaired) electrons. The lowest BCUT2D eigenvalue weighted by Gasteiger charge is -2.34. The molecular weight excluding hydrogens is 418 g/mol. The zero-order valence-electron chi connectivity index (χ0n) is 16.7. The molecule has 1 aliphatic heterocycles. The molecule has 0 atom stereocenters. The number of pyridine rings is 1. The molecule has 0 amide bonds. The Morgan fingerprint density at radius 1 is 1.00 bits per heavy atom. The third-order valence-electron chi connectivity index (χ3n) is 5.40. The van der Waals surface area contributed by atoms with Crippen molar-refractivity contribution in [3.63, 3.8) is 0 Å². The van der Waals surface area contributed by atoms with Crippen LogP contribution in [0.5, 0.6) is 0 Å². The highest BCUT2D eigenvalue weighted by Crippen LogP contribution is 2.31. The van der Waals surface area contributed by atoms with Crippen LogP contribution in [0, 0.1) is 13.8 Å². The third-order valence-corrected chi connectivity index (χ3v) is 8.29. The summed E-state index contributed by atoms with van der Waals surface area (Å²) in [4.78, 5) is 17.8. The predicted molar refractivity (Wildman–Crippen MR) is 120 cm³/mol. The maximum atomic E-state index is 13.4. The lowest BCUT2D eigenvalue weighted by molar-refractivity contribution is 0.384. The van der Waals surface area contributed by atoms with E-state index < -0.39 is 10.0 Å². The molecule has 9 heteroatoms. The first-order valence-corrected chi connectivity index (χ1v) is 12.0. The number of fused-ring (bicyclic) bond motifs is 2. The van der Waals surface area contributed by atoms with E-state index in [1.165, 1.54) is 4.88 Å². The first kappa shape index (κ1) is 19.3. The van der Waals surface area contributed by atoms with Crippen LogP contribution in [-0.2, 0) is 10.0 Å². The van der Waals surface area contributed by atoms with Crippen molar-refractivity contribution in [3.05, 3.63) is 53.3 Å². The van der Waals surface area contributed by atoms with E-state index >= 15 is 0 Å². The monoisotopic (exact) mass is 439 g/mol. The van der Waals surface area contributed by atoms with Gasteiger partial charge < -0.3 is 4.90 Å². The fourth-order valence-electron chi connectivity index (χ4n) is 3.95. The standard InChI is InChI=1S/C21H21N5O2S2/c1-14-10-16-4-3-5-18(19(16)22-12-14)30(27,28)26-8-6-25(7-9-26)20-17-11-15(2)29-21(17)24-13-23-20/h3-5,10-13H,6-9H2,1-2H3. The molecule has 0 unspecified atom stereocenters. The third kappa shape index (κ3) is 3.23. The number of benzene rings is 1. The summed E-state index contributed by atoms with van der Waals surface area (Å²) >= 11 is 1.64. The lowest BCUT2D eigenvalue weighted by Crippen LogP contribution is -2.49. The summed E-state index contributed by atoms with van der Waals surface area (Å²) in [6.07, 6.45) is 3.29. The summed E-state index contributed by atoms with van der Waals surface area (Å²) in [5.74, 6) is 0.878. The van der Waals surface area contributed by atoms with Crippen molar-refractivity contribution >= 4 is 48.3 Å². The Balaban J connectivity index is 1.42. The van der Waals surface area contributed by atoms with Gasteiger partial charge in [0.25, 0.3) is 0 Å². The van der Waals surface area contributed by atoms with Crippen LogP contribution in [0.3, 0.4) is 0 Å². The minimum atomic E-state index is -3.63. The number of rotatable bonds is 3. The van der Waals surface area contributed by atoms with Crippen LogP contribution in [0.15, 0.2) is 47.8 Å². The van der Waals surface area contributed by atoms with Gasteiger partial charge in [-0.05, 0) is 37.6 Å². The van der Waals surface area contributed by atoms with Crippen LogP contribution < -0.4 is 4.90 Å². The smallest absolute Gasteiger partial charge is 0.245 e. The Hall–Kier alpha value is -2.62. The predicted octanol–water partition coefficient (Wildman–Crippen LogP) is 3.37. The number of anilines is 1. The van der Waals surface area contributed by atoms with E-state index in [9.17, 15) is 8.42 Å². The second-order valence-corrected chi connectivity index (χ2v) is 10.6. The van der Waals surface area contributed by atoms with E-state index in [-0.39, 0.29) is 4.90 Å². The van der Waals surface area contributed by atoms with E-state index in [2.05, 4.69) is 32.8 Å². The molecule has 5 rings (SSSR count). The highest BCUT2D eigenvalue weighted by atomic mass is 32.2. The number of piperazine rings is 1. The molecule has 0 bridgehead atoms. The van der Waals surface area contributed by atoms with Gasteiger partial charge in [-0.2, -0.15) is 4.31 Å². The average Bonchev–Trinajstić information content (AvgIpc) is 3.13. The van der Waals surface area contributed by atoms with E-state index in [0.29, 0.717) is 31.7 Å². The maximum absolute atomic E-state index is 13.4. The van der Waals surface area contributed by atoms with Gasteiger partial charge in [-0.15, -0.1) is 11.3 Å². The number of nitrogens with zero attached hydrogens (tertiary/aromatic N) is 5. The second-order valence-electron chi connectivity index (χ2n) is 7.50. The van der Waals surface area contributed by atoms with Crippen LogP contribution >= 0.6 is 11.3 Å². The molecule has 0 N–H and O–H groups in total. The van der Waals surface area contributed by atoms with E-state index in [0.717, 1.165) is 27.0 Å². The van der Waals surface area contributed by atoms with Gasteiger partial charge in [0.2, 0.25) is 10.0 Å². The van der Waals surface area contributed by atoms with Crippen LogP contribution in [0.4, 0.5) is 5.82 Å². The highest BCUT2D eigenvalue weighted by molar-refractivity contribution is 7.89. The molecule has 7 nitrogen and oxygen atoms in total. The molecule has 3 aromatic heterocycles. The number of hydrogen-bond donors (Lipinski definition) is 0. The molecule has 4 heterocycles. The molecule has 0 spiro atoms. The molecule has 154 valence electrons. The first-order chi connectivity index (χ1) is 14.4. The molecule has 0 saturated carbocycles. The van der Waals surface area contributed by atoms with Crippen molar-refractivity contribution in [1.29, 1.82) is 0 Å². The van der Waals surface area contributed by atoms with Crippen LogP contribution in [0.25, 0.3) is 21.1 Å². The number of hydrogen-bond acceptors (Lipinski definition) is 7. The van der Waals surface area contributed by atoms with Crippen molar-refractivity contribution in [2.75, 3.05) is 31.1 Å². The van der Waals surface area contributed by atoms with Gasteiger partial charge in [-0.3, -0.25) is 4.98 Å². The highest BCUT2D eigenvalue weighted by Gasteiger charge is 2.31. The van der Waals surface area contributed by atoms with Gasteiger partial charge in [0, 0.05) is 42.6 Å². The van der Waals surface area contributed by atoms with E-state index in [1.807, 2.05) is 19.1 Å². The van der Waals surface area contributed by atoms with Crippen molar-refractivity contribution in [2.24, 2.45) is 0 Å². The van der Waals surface area contributed by atoms with Crippen molar-refractivity contribution in [1.82, 2.24) is 19.3 Å². The quantitative estimate of drug-likeness (QED) is 0.487. The molecule has 0 aliphatic carbocycles. The Morgan fingerprint density at radius 2 is 1.80 bits per heavy atom. The lowest BCUT2D eigenvalue weighted by atomic mass is 10.2. The first-order valence-electron chi connectivity index (χ1n) is 9.75. The van der Waals surface area contributed by atoms with Gasteiger partial charge in [0.15, 0.2) is 0 Å². The van der Waals surface area contributed by atoms with Crippen molar-refractivity contribution in [3.8, 4) is 0 Å². The van der Waals surface area contributed by atoms with Crippen LogP contribution in [0.1, 0.15) is 10.4 Å². The van der Waals surface area contributed by atoms with Crippen molar-refractivity contribution < 1.29 is 8.42 Å². The molecule has 1 aliphatic rings. The van der Waals surface area contributed by atoms with Gasteiger partial charge in [-0.1, -0.05) is 12.1 Å².